The Bertz CT molecular complexity index is 527. The van der Waals surface area contributed by atoms with E-state index in [4.69, 9.17) is 5.11 Å². The van der Waals surface area contributed by atoms with Crippen LogP contribution in [0.1, 0.15) is 12.5 Å². The number of amides is 1. The topological polar surface area (TPSA) is 60.9 Å². The van der Waals surface area contributed by atoms with Crippen molar-refractivity contribution in [2.45, 2.75) is 19.4 Å². The highest BCUT2D eigenvalue weighted by Gasteiger charge is 2.27. The summed E-state index contributed by atoms with van der Waals surface area (Å²) in [4.78, 5) is 26.6. The van der Waals surface area contributed by atoms with Crippen LogP contribution in [-0.4, -0.2) is 59.0 Å². The lowest BCUT2D eigenvalue weighted by molar-refractivity contribution is -0.144. The van der Waals surface area contributed by atoms with Crippen LogP contribution >= 0.6 is 0 Å². The van der Waals surface area contributed by atoms with Gasteiger partial charge in [-0.25, -0.2) is 4.39 Å². The summed E-state index contributed by atoms with van der Waals surface area (Å²) in [6, 6.07) is 5.70. The van der Waals surface area contributed by atoms with Gasteiger partial charge >= 0.3 is 5.97 Å². The summed E-state index contributed by atoms with van der Waals surface area (Å²) in [5.74, 6) is -1.35. The number of aliphatic carboxylic acids is 1. The first-order valence-electron chi connectivity index (χ1n) is 6.97. The molecule has 0 bridgehead atoms. The van der Waals surface area contributed by atoms with Crippen molar-refractivity contribution in [3.63, 3.8) is 0 Å². The predicted molar refractivity (Wildman–Crippen MR) is 75.4 cm³/mol. The number of rotatable bonds is 4. The molecule has 0 aromatic heterocycles. The van der Waals surface area contributed by atoms with Crippen molar-refractivity contribution in [1.82, 2.24) is 9.80 Å². The molecule has 0 spiro atoms. The quantitative estimate of drug-likeness (QED) is 0.899. The third-order valence-corrected chi connectivity index (χ3v) is 3.87. The molecule has 1 aromatic rings. The fourth-order valence-electron chi connectivity index (χ4n) is 2.43. The maximum Gasteiger partial charge on any atom is 0.320 e. The number of carbonyl (C=O) groups is 2. The molecule has 0 unspecified atom stereocenters. The second-order valence-corrected chi connectivity index (χ2v) is 5.20. The Balaban J connectivity index is 1.89. The summed E-state index contributed by atoms with van der Waals surface area (Å²) in [5, 5.41) is 8.97. The minimum atomic E-state index is -0.860. The van der Waals surface area contributed by atoms with Crippen molar-refractivity contribution in [3.05, 3.63) is 35.6 Å². The van der Waals surface area contributed by atoms with Crippen molar-refractivity contribution >= 4 is 11.9 Å². The van der Waals surface area contributed by atoms with Crippen molar-refractivity contribution in [3.8, 4) is 0 Å². The van der Waals surface area contributed by atoms with Crippen molar-refractivity contribution in [2.24, 2.45) is 0 Å². The van der Waals surface area contributed by atoms with Gasteiger partial charge in [0, 0.05) is 26.2 Å². The van der Waals surface area contributed by atoms with Gasteiger partial charge in [-0.05, 0) is 18.6 Å². The Hall–Kier alpha value is -1.95. The lowest BCUT2D eigenvalue weighted by atomic mass is 10.1. The van der Waals surface area contributed by atoms with Crippen LogP contribution in [0.4, 0.5) is 4.39 Å². The van der Waals surface area contributed by atoms with Crippen LogP contribution in [0, 0.1) is 5.82 Å². The summed E-state index contributed by atoms with van der Waals surface area (Å²) in [6.07, 6.45) is 0.0428. The molecule has 0 saturated carbocycles. The van der Waals surface area contributed by atoms with E-state index in [-0.39, 0.29) is 18.1 Å². The third kappa shape index (κ3) is 3.78. The summed E-state index contributed by atoms with van der Waals surface area (Å²) >= 11 is 0. The second kappa shape index (κ2) is 6.67. The van der Waals surface area contributed by atoms with E-state index in [0.717, 1.165) is 0 Å². The normalized spacial score (nSPS) is 17.5. The molecular weight excluding hydrogens is 275 g/mol. The molecule has 1 amide bonds. The molecule has 21 heavy (non-hydrogen) atoms. The average Bonchev–Trinajstić information content (AvgIpc) is 2.49. The number of piperazine rings is 1. The monoisotopic (exact) mass is 294 g/mol. The van der Waals surface area contributed by atoms with Gasteiger partial charge in [-0.1, -0.05) is 18.2 Å². The van der Waals surface area contributed by atoms with E-state index in [1.54, 1.807) is 30.0 Å². The molecule has 1 N–H and O–H groups in total. The molecule has 114 valence electrons. The smallest absolute Gasteiger partial charge is 0.320 e. The van der Waals surface area contributed by atoms with Crippen LogP contribution < -0.4 is 0 Å². The molecule has 2 rings (SSSR count). The zero-order chi connectivity index (χ0) is 15.4. The van der Waals surface area contributed by atoms with Crippen LogP contribution in [0.3, 0.4) is 0 Å². The van der Waals surface area contributed by atoms with Crippen LogP contribution in [-0.2, 0) is 16.0 Å². The van der Waals surface area contributed by atoms with Gasteiger partial charge in [-0.2, -0.15) is 0 Å². The van der Waals surface area contributed by atoms with Gasteiger partial charge in [0.05, 0.1) is 6.42 Å². The zero-order valence-electron chi connectivity index (χ0n) is 12.0. The number of halogens is 1. The number of carbonyl (C=O) groups excluding carboxylic acids is 1. The fourth-order valence-corrected chi connectivity index (χ4v) is 2.43. The van der Waals surface area contributed by atoms with E-state index in [1.807, 2.05) is 4.90 Å². The van der Waals surface area contributed by atoms with E-state index in [2.05, 4.69) is 0 Å². The molecule has 1 aromatic carbocycles. The Labute approximate surface area is 123 Å². The van der Waals surface area contributed by atoms with Crippen LogP contribution in [0.2, 0.25) is 0 Å². The van der Waals surface area contributed by atoms with Crippen molar-refractivity contribution < 1.29 is 19.1 Å². The number of carboxylic acids is 1. The zero-order valence-corrected chi connectivity index (χ0v) is 12.0. The molecule has 1 saturated heterocycles. The number of hydrogen-bond acceptors (Lipinski definition) is 3. The third-order valence-electron chi connectivity index (χ3n) is 3.87. The summed E-state index contributed by atoms with van der Waals surface area (Å²) < 4.78 is 13.5. The Morgan fingerprint density at radius 2 is 1.86 bits per heavy atom. The second-order valence-electron chi connectivity index (χ2n) is 5.20. The van der Waals surface area contributed by atoms with Crippen LogP contribution in [0.5, 0.6) is 0 Å². The van der Waals surface area contributed by atoms with Gasteiger partial charge in [0.2, 0.25) is 5.91 Å². The predicted octanol–water partition coefficient (Wildman–Crippen LogP) is 0.986. The SMILES string of the molecule is C[C@H](C(=O)O)N1CCN(C(=O)Cc2ccccc2F)CC1. The lowest BCUT2D eigenvalue weighted by Gasteiger charge is -2.36. The highest BCUT2D eigenvalue weighted by Crippen LogP contribution is 2.11. The maximum absolute atomic E-state index is 13.5. The first-order valence-corrected chi connectivity index (χ1v) is 6.97. The van der Waals surface area contributed by atoms with Crippen molar-refractivity contribution in [1.29, 1.82) is 0 Å². The van der Waals surface area contributed by atoms with Gasteiger partial charge in [-0.3, -0.25) is 14.5 Å². The number of hydrogen-bond donors (Lipinski definition) is 1. The molecule has 0 radical (unpaired) electrons. The molecule has 1 heterocycles. The first kappa shape index (κ1) is 15.4. The van der Waals surface area contributed by atoms with E-state index in [1.165, 1.54) is 6.07 Å². The highest BCUT2D eigenvalue weighted by atomic mass is 19.1. The van der Waals surface area contributed by atoms with E-state index in [0.29, 0.717) is 31.7 Å². The summed E-state index contributed by atoms with van der Waals surface area (Å²) in [7, 11) is 0. The molecule has 6 heteroatoms. The van der Waals surface area contributed by atoms with E-state index < -0.39 is 12.0 Å². The maximum atomic E-state index is 13.5. The number of nitrogens with zero attached hydrogens (tertiary/aromatic N) is 2. The van der Waals surface area contributed by atoms with E-state index >= 15 is 0 Å². The molecule has 1 aliphatic heterocycles. The van der Waals surface area contributed by atoms with Crippen LogP contribution in [0.15, 0.2) is 24.3 Å². The number of carboxylic acid groups (broad SMARTS) is 1. The van der Waals surface area contributed by atoms with E-state index in [9.17, 15) is 14.0 Å². The first-order chi connectivity index (χ1) is 9.99. The molecule has 1 aliphatic rings. The molecule has 1 fully saturated rings. The van der Waals surface area contributed by atoms with Gasteiger partial charge in [0.15, 0.2) is 0 Å². The van der Waals surface area contributed by atoms with Gasteiger partial charge in [0.1, 0.15) is 11.9 Å². The Morgan fingerprint density at radius 3 is 2.43 bits per heavy atom. The summed E-state index contributed by atoms with van der Waals surface area (Å²) in [6.45, 7) is 3.64. The molecular formula is C15H19FN2O3. The summed E-state index contributed by atoms with van der Waals surface area (Å²) in [5.41, 5.74) is 0.392. The largest absolute Gasteiger partial charge is 0.480 e. The Morgan fingerprint density at radius 1 is 1.24 bits per heavy atom. The number of benzene rings is 1. The molecule has 0 aliphatic carbocycles. The lowest BCUT2D eigenvalue weighted by Crippen LogP contribution is -2.53. The minimum Gasteiger partial charge on any atom is -0.480 e. The average molecular weight is 294 g/mol. The highest BCUT2D eigenvalue weighted by molar-refractivity contribution is 5.79. The van der Waals surface area contributed by atoms with Gasteiger partial charge in [0.25, 0.3) is 0 Å². The Kier molecular flexibility index (Phi) is 4.90. The van der Waals surface area contributed by atoms with Crippen molar-refractivity contribution in [2.75, 3.05) is 26.2 Å². The fraction of sp³-hybridized carbons (Fsp3) is 0.467. The van der Waals surface area contributed by atoms with Gasteiger partial charge < -0.3 is 10.0 Å². The van der Waals surface area contributed by atoms with Gasteiger partial charge in [-0.15, -0.1) is 0 Å². The molecule has 1 atom stereocenters. The molecule has 5 nitrogen and oxygen atoms in total. The minimum absolute atomic E-state index is 0.0428. The standard InChI is InChI=1S/C15H19FN2O3/c1-11(15(20)21)17-6-8-18(9-7-17)14(19)10-12-4-2-3-5-13(12)16/h2-5,11H,6-10H2,1H3,(H,20,21)/t11-/m1/s1. The van der Waals surface area contributed by atoms with Crippen LogP contribution in [0.25, 0.3) is 0 Å².